The van der Waals surface area contributed by atoms with Crippen LogP contribution >= 0.6 is 0 Å². The molecule has 0 aliphatic heterocycles. The van der Waals surface area contributed by atoms with Crippen LogP contribution in [0.4, 0.5) is 4.39 Å². The Labute approximate surface area is 132 Å². The Kier molecular flexibility index (Phi) is 4.14. The molecule has 6 heteroatoms. The number of hydrogen-bond donors (Lipinski definition) is 1. The van der Waals surface area contributed by atoms with Gasteiger partial charge in [0.1, 0.15) is 11.5 Å². The number of halogens is 1. The Hall–Kier alpha value is -3.02. The van der Waals surface area contributed by atoms with Gasteiger partial charge in [-0.25, -0.2) is 9.37 Å². The quantitative estimate of drug-likeness (QED) is 0.806. The van der Waals surface area contributed by atoms with Crippen LogP contribution in [-0.2, 0) is 0 Å². The molecule has 0 radical (unpaired) electrons. The Morgan fingerprint density at radius 1 is 1.13 bits per heavy atom. The molecular weight excluding hydrogens is 295 g/mol. The lowest BCUT2D eigenvalue weighted by molar-refractivity contribution is 0.0933. The van der Waals surface area contributed by atoms with Gasteiger partial charge in [-0.1, -0.05) is 0 Å². The first-order valence-electron chi connectivity index (χ1n) is 7.14. The van der Waals surface area contributed by atoms with E-state index in [-0.39, 0.29) is 17.8 Å². The van der Waals surface area contributed by atoms with Gasteiger partial charge >= 0.3 is 0 Å². The van der Waals surface area contributed by atoms with Crippen LogP contribution in [0.3, 0.4) is 0 Å². The van der Waals surface area contributed by atoms with Crippen LogP contribution in [0.5, 0.6) is 0 Å². The van der Waals surface area contributed by atoms with Gasteiger partial charge in [0, 0.05) is 18.1 Å². The van der Waals surface area contributed by atoms with E-state index in [0.717, 1.165) is 5.56 Å². The summed E-state index contributed by atoms with van der Waals surface area (Å²) in [5, 5.41) is 2.92. The molecule has 1 aromatic carbocycles. The molecule has 1 atom stereocenters. The van der Waals surface area contributed by atoms with Gasteiger partial charge in [-0.05, 0) is 48.9 Å². The summed E-state index contributed by atoms with van der Waals surface area (Å²) in [5.74, 6) is -0.581. The maximum atomic E-state index is 13.0. The molecule has 5 nitrogen and oxygen atoms in total. The first kappa shape index (κ1) is 14.9. The molecule has 2 aromatic heterocycles. The highest BCUT2D eigenvalue weighted by atomic mass is 19.1. The molecule has 0 unspecified atom stereocenters. The highest BCUT2D eigenvalue weighted by molar-refractivity contribution is 5.93. The molecule has 0 fully saturated rings. The van der Waals surface area contributed by atoms with Gasteiger partial charge in [-0.15, -0.1) is 0 Å². The van der Waals surface area contributed by atoms with E-state index in [0.29, 0.717) is 11.4 Å². The van der Waals surface area contributed by atoms with Gasteiger partial charge in [0.15, 0.2) is 0 Å². The lowest BCUT2D eigenvalue weighted by atomic mass is 10.1. The minimum absolute atomic E-state index is 0.165. The molecule has 23 heavy (non-hydrogen) atoms. The second-order valence-electron chi connectivity index (χ2n) is 5.10. The number of imidazole rings is 1. The Bertz CT molecular complexity index is 799. The number of nitrogens with zero attached hydrogens (tertiary/aromatic N) is 3. The number of amides is 1. The monoisotopic (exact) mass is 310 g/mol. The zero-order chi connectivity index (χ0) is 16.2. The van der Waals surface area contributed by atoms with Crippen LogP contribution in [0.15, 0.2) is 61.3 Å². The zero-order valence-corrected chi connectivity index (χ0v) is 12.5. The molecule has 1 N–H and O–H groups in total. The van der Waals surface area contributed by atoms with E-state index in [1.807, 2.05) is 19.1 Å². The third kappa shape index (κ3) is 3.26. The predicted octanol–water partition coefficient (Wildman–Crippen LogP) is 2.90. The highest BCUT2D eigenvalue weighted by Crippen LogP contribution is 2.15. The fourth-order valence-electron chi connectivity index (χ4n) is 2.28. The van der Waals surface area contributed by atoms with E-state index < -0.39 is 0 Å². The third-order valence-electron chi connectivity index (χ3n) is 3.53. The molecule has 0 saturated carbocycles. The lowest BCUT2D eigenvalue weighted by Crippen LogP contribution is -2.28. The minimum atomic E-state index is -0.328. The number of aromatic nitrogens is 3. The number of rotatable bonds is 4. The van der Waals surface area contributed by atoms with Gasteiger partial charge in [-0.3, -0.25) is 14.3 Å². The van der Waals surface area contributed by atoms with Crippen LogP contribution in [0.25, 0.3) is 5.69 Å². The fourth-order valence-corrected chi connectivity index (χ4v) is 2.28. The van der Waals surface area contributed by atoms with E-state index in [1.165, 1.54) is 24.7 Å². The highest BCUT2D eigenvalue weighted by Gasteiger charge is 2.16. The maximum absolute atomic E-state index is 13.0. The van der Waals surface area contributed by atoms with Gasteiger partial charge in [0.05, 0.1) is 18.6 Å². The largest absolute Gasteiger partial charge is 0.344 e. The summed E-state index contributed by atoms with van der Waals surface area (Å²) in [6.07, 6.45) is 6.37. The molecule has 0 saturated heterocycles. The van der Waals surface area contributed by atoms with E-state index in [4.69, 9.17) is 0 Å². The standard InChI is InChI=1S/C17H15FN4O/c1-12(13-6-8-19-9-7-13)21-17(23)16-10-20-11-22(16)15-4-2-14(18)3-5-15/h2-12H,1H3,(H,21,23)/t12-/m0/s1. The van der Waals surface area contributed by atoms with Crippen LogP contribution in [-0.4, -0.2) is 20.4 Å². The van der Waals surface area contributed by atoms with Crippen LogP contribution < -0.4 is 5.32 Å². The number of nitrogens with one attached hydrogen (secondary N) is 1. The van der Waals surface area contributed by atoms with E-state index in [9.17, 15) is 9.18 Å². The molecule has 0 aliphatic rings. The Morgan fingerprint density at radius 2 is 1.83 bits per heavy atom. The average molecular weight is 310 g/mol. The number of pyridine rings is 1. The van der Waals surface area contributed by atoms with Crippen molar-refractivity contribution in [1.82, 2.24) is 19.9 Å². The Morgan fingerprint density at radius 3 is 2.52 bits per heavy atom. The molecule has 0 bridgehead atoms. The zero-order valence-electron chi connectivity index (χ0n) is 12.5. The maximum Gasteiger partial charge on any atom is 0.270 e. The Balaban J connectivity index is 1.81. The van der Waals surface area contributed by atoms with Crippen LogP contribution in [0.1, 0.15) is 29.0 Å². The summed E-state index contributed by atoms with van der Waals surface area (Å²) >= 11 is 0. The first-order valence-corrected chi connectivity index (χ1v) is 7.14. The summed E-state index contributed by atoms with van der Waals surface area (Å²) in [5.41, 5.74) is 2.02. The normalized spacial score (nSPS) is 11.9. The van der Waals surface area contributed by atoms with Crippen molar-refractivity contribution in [3.05, 3.63) is 78.4 Å². The molecule has 3 aromatic rings. The third-order valence-corrected chi connectivity index (χ3v) is 3.53. The lowest BCUT2D eigenvalue weighted by Gasteiger charge is -2.15. The smallest absolute Gasteiger partial charge is 0.270 e. The van der Waals surface area contributed by atoms with Crippen molar-refractivity contribution < 1.29 is 9.18 Å². The SMILES string of the molecule is C[C@H](NC(=O)c1cncn1-c1ccc(F)cc1)c1ccncc1. The second-order valence-corrected chi connectivity index (χ2v) is 5.10. The van der Waals surface area contributed by atoms with Gasteiger partial charge in [0.25, 0.3) is 5.91 Å². The van der Waals surface area contributed by atoms with E-state index in [1.54, 1.807) is 29.1 Å². The van der Waals surface area contributed by atoms with Gasteiger partial charge < -0.3 is 5.32 Å². The van der Waals surface area contributed by atoms with Gasteiger partial charge in [0.2, 0.25) is 0 Å². The predicted molar refractivity (Wildman–Crippen MR) is 83.6 cm³/mol. The minimum Gasteiger partial charge on any atom is -0.344 e. The van der Waals surface area contributed by atoms with Crippen LogP contribution in [0.2, 0.25) is 0 Å². The first-order chi connectivity index (χ1) is 11.1. The summed E-state index contributed by atoms with van der Waals surface area (Å²) in [7, 11) is 0. The van der Waals surface area contributed by atoms with Crippen molar-refractivity contribution >= 4 is 5.91 Å². The molecule has 116 valence electrons. The van der Waals surface area contributed by atoms with Crippen molar-refractivity contribution in [2.24, 2.45) is 0 Å². The van der Waals surface area contributed by atoms with E-state index in [2.05, 4.69) is 15.3 Å². The fraction of sp³-hybridized carbons (Fsp3) is 0.118. The number of benzene rings is 1. The summed E-state index contributed by atoms with van der Waals surface area (Å²) in [6.45, 7) is 1.89. The molecule has 1 amide bonds. The number of hydrogen-bond acceptors (Lipinski definition) is 3. The summed E-state index contributed by atoms with van der Waals surface area (Å²) < 4.78 is 14.7. The molecule has 2 heterocycles. The molecular formula is C17H15FN4O. The van der Waals surface area contributed by atoms with Crippen LogP contribution in [0, 0.1) is 5.82 Å². The number of carbonyl (C=O) groups excluding carboxylic acids is 1. The van der Waals surface area contributed by atoms with Gasteiger partial charge in [-0.2, -0.15) is 0 Å². The summed E-state index contributed by atoms with van der Waals surface area (Å²) in [6, 6.07) is 9.42. The number of carbonyl (C=O) groups is 1. The molecule has 0 spiro atoms. The van der Waals surface area contributed by atoms with Crippen molar-refractivity contribution in [1.29, 1.82) is 0 Å². The molecule has 0 aliphatic carbocycles. The van der Waals surface area contributed by atoms with Crippen molar-refractivity contribution in [2.75, 3.05) is 0 Å². The summed E-state index contributed by atoms with van der Waals surface area (Å²) in [4.78, 5) is 20.5. The van der Waals surface area contributed by atoms with Crippen molar-refractivity contribution in [3.63, 3.8) is 0 Å². The van der Waals surface area contributed by atoms with Crippen molar-refractivity contribution in [3.8, 4) is 5.69 Å². The van der Waals surface area contributed by atoms with Crippen molar-refractivity contribution in [2.45, 2.75) is 13.0 Å². The van der Waals surface area contributed by atoms with E-state index >= 15 is 0 Å². The average Bonchev–Trinajstić information content (AvgIpc) is 3.06. The topological polar surface area (TPSA) is 59.8 Å². The molecule has 3 rings (SSSR count). The second kappa shape index (κ2) is 6.39.